The largest absolute Gasteiger partial charge is 0.507 e. The Morgan fingerprint density at radius 3 is 2.76 bits per heavy atom. The van der Waals surface area contributed by atoms with Crippen LogP contribution in [0.15, 0.2) is 40.9 Å². The second-order valence-electron chi connectivity index (χ2n) is 6.22. The van der Waals surface area contributed by atoms with Crippen molar-refractivity contribution in [3.63, 3.8) is 0 Å². The molecule has 25 heavy (non-hydrogen) atoms. The van der Waals surface area contributed by atoms with E-state index in [-0.39, 0.29) is 11.8 Å². The third kappa shape index (κ3) is 2.53. The minimum absolute atomic E-state index is 0.127. The SMILES string of the molecule is Cc1cccc(O)c1-c1noc(-c2ccc3c(c2)nnn3C(C)C)n1. The molecule has 1 N–H and O–H groups in total. The summed E-state index contributed by atoms with van der Waals surface area (Å²) in [7, 11) is 0. The van der Waals surface area contributed by atoms with E-state index in [0.717, 1.165) is 22.2 Å². The Labute approximate surface area is 143 Å². The zero-order valence-electron chi connectivity index (χ0n) is 14.1. The molecule has 2 aromatic heterocycles. The molecule has 0 bridgehead atoms. The molecular formula is C18H17N5O2. The van der Waals surface area contributed by atoms with E-state index in [1.165, 1.54) is 0 Å². The molecule has 0 atom stereocenters. The normalized spacial score (nSPS) is 11.5. The first-order valence-corrected chi connectivity index (χ1v) is 8.02. The van der Waals surface area contributed by atoms with Crippen LogP contribution in [0.2, 0.25) is 0 Å². The van der Waals surface area contributed by atoms with Gasteiger partial charge in [-0.15, -0.1) is 5.10 Å². The quantitative estimate of drug-likeness (QED) is 0.613. The van der Waals surface area contributed by atoms with Crippen molar-refractivity contribution in [2.45, 2.75) is 26.8 Å². The number of hydrogen-bond donors (Lipinski definition) is 1. The Kier molecular flexibility index (Phi) is 3.49. The Morgan fingerprint density at radius 1 is 1.16 bits per heavy atom. The summed E-state index contributed by atoms with van der Waals surface area (Å²) in [5.74, 6) is 0.859. The zero-order valence-corrected chi connectivity index (χ0v) is 14.1. The molecule has 4 rings (SSSR count). The van der Waals surface area contributed by atoms with Gasteiger partial charge in [0.25, 0.3) is 5.89 Å². The van der Waals surface area contributed by atoms with Crippen molar-refractivity contribution in [2.75, 3.05) is 0 Å². The molecule has 0 fully saturated rings. The van der Waals surface area contributed by atoms with E-state index in [9.17, 15) is 5.11 Å². The van der Waals surface area contributed by atoms with Crippen LogP contribution in [0.5, 0.6) is 5.75 Å². The first-order valence-electron chi connectivity index (χ1n) is 8.02. The maximum absolute atomic E-state index is 10.1. The van der Waals surface area contributed by atoms with Crippen molar-refractivity contribution in [3.8, 4) is 28.6 Å². The monoisotopic (exact) mass is 335 g/mol. The van der Waals surface area contributed by atoms with Gasteiger partial charge < -0.3 is 9.63 Å². The molecule has 126 valence electrons. The Bertz CT molecular complexity index is 1040. The lowest BCUT2D eigenvalue weighted by atomic mass is 10.1. The van der Waals surface area contributed by atoms with Crippen LogP contribution >= 0.6 is 0 Å². The van der Waals surface area contributed by atoms with Gasteiger partial charge in [0.05, 0.1) is 11.1 Å². The van der Waals surface area contributed by atoms with Gasteiger partial charge in [-0.2, -0.15) is 4.98 Å². The van der Waals surface area contributed by atoms with Crippen LogP contribution in [0.4, 0.5) is 0 Å². The average Bonchev–Trinajstić information content (AvgIpc) is 3.21. The molecule has 0 amide bonds. The molecule has 7 heteroatoms. The van der Waals surface area contributed by atoms with Gasteiger partial charge >= 0.3 is 0 Å². The van der Waals surface area contributed by atoms with E-state index in [4.69, 9.17) is 4.52 Å². The third-order valence-corrected chi connectivity index (χ3v) is 4.11. The van der Waals surface area contributed by atoms with Gasteiger partial charge in [-0.25, -0.2) is 4.68 Å². The first-order chi connectivity index (χ1) is 12.0. The topological polar surface area (TPSA) is 89.9 Å². The lowest BCUT2D eigenvalue weighted by molar-refractivity contribution is 0.431. The van der Waals surface area contributed by atoms with Crippen LogP contribution in [0.25, 0.3) is 33.9 Å². The fraction of sp³-hybridized carbons (Fsp3) is 0.222. The summed E-state index contributed by atoms with van der Waals surface area (Å²) in [5, 5.41) is 22.5. The molecule has 7 nitrogen and oxygen atoms in total. The van der Waals surface area contributed by atoms with Crippen molar-refractivity contribution in [3.05, 3.63) is 42.0 Å². The summed E-state index contributed by atoms with van der Waals surface area (Å²) < 4.78 is 7.26. The number of aromatic hydroxyl groups is 1. The first kappa shape index (κ1) is 15.3. The minimum atomic E-state index is 0.127. The number of hydrogen-bond acceptors (Lipinski definition) is 6. The molecule has 0 radical (unpaired) electrons. The van der Waals surface area contributed by atoms with Crippen LogP contribution in [-0.2, 0) is 0 Å². The number of phenols is 1. The summed E-state index contributed by atoms with van der Waals surface area (Å²) >= 11 is 0. The summed E-state index contributed by atoms with van der Waals surface area (Å²) in [4.78, 5) is 4.43. The number of aromatic nitrogens is 5. The number of rotatable bonds is 3. The lowest BCUT2D eigenvalue weighted by Crippen LogP contribution is -2.02. The smallest absolute Gasteiger partial charge is 0.258 e. The van der Waals surface area contributed by atoms with Crippen molar-refractivity contribution in [1.29, 1.82) is 0 Å². The van der Waals surface area contributed by atoms with Gasteiger partial charge in [0, 0.05) is 11.6 Å². The van der Waals surface area contributed by atoms with Gasteiger partial charge in [-0.05, 0) is 50.6 Å². The number of phenolic OH excluding ortho intramolecular Hbond substituents is 1. The molecule has 0 saturated carbocycles. The maximum atomic E-state index is 10.1. The minimum Gasteiger partial charge on any atom is -0.507 e. The number of benzene rings is 2. The Balaban J connectivity index is 1.76. The summed E-state index contributed by atoms with van der Waals surface area (Å²) in [6.45, 7) is 6.00. The highest BCUT2D eigenvalue weighted by Gasteiger charge is 2.17. The van der Waals surface area contributed by atoms with Crippen molar-refractivity contribution >= 4 is 11.0 Å². The fourth-order valence-electron chi connectivity index (χ4n) is 2.84. The molecule has 0 aliphatic carbocycles. The molecule has 0 saturated heterocycles. The molecule has 0 spiro atoms. The Hall–Kier alpha value is -3.22. The van der Waals surface area contributed by atoms with E-state index < -0.39 is 0 Å². The van der Waals surface area contributed by atoms with Crippen LogP contribution in [0.1, 0.15) is 25.5 Å². The van der Waals surface area contributed by atoms with E-state index >= 15 is 0 Å². The van der Waals surface area contributed by atoms with E-state index in [1.54, 1.807) is 12.1 Å². The van der Waals surface area contributed by atoms with Gasteiger partial charge in [-0.1, -0.05) is 22.5 Å². The highest BCUT2D eigenvalue weighted by atomic mass is 16.5. The molecular weight excluding hydrogens is 318 g/mol. The van der Waals surface area contributed by atoms with Crippen LogP contribution in [-0.4, -0.2) is 30.2 Å². The highest BCUT2D eigenvalue weighted by molar-refractivity contribution is 5.80. The molecule has 2 heterocycles. The van der Waals surface area contributed by atoms with Crippen molar-refractivity contribution < 1.29 is 9.63 Å². The third-order valence-electron chi connectivity index (χ3n) is 4.11. The predicted octanol–water partition coefficient (Wildman–Crippen LogP) is 3.74. The van der Waals surface area contributed by atoms with Gasteiger partial charge in [0.2, 0.25) is 5.82 Å². The van der Waals surface area contributed by atoms with Gasteiger partial charge in [0.15, 0.2) is 0 Å². The van der Waals surface area contributed by atoms with Crippen LogP contribution < -0.4 is 0 Å². The molecule has 4 aromatic rings. The molecule has 0 aliphatic heterocycles. The molecule has 0 aliphatic rings. The van der Waals surface area contributed by atoms with E-state index in [0.29, 0.717) is 17.3 Å². The number of fused-ring (bicyclic) bond motifs is 1. The fourth-order valence-corrected chi connectivity index (χ4v) is 2.84. The van der Waals surface area contributed by atoms with Crippen LogP contribution in [0, 0.1) is 6.92 Å². The summed E-state index contributed by atoms with van der Waals surface area (Å²) in [6.07, 6.45) is 0. The van der Waals surface area contributed by atoms with Crippen LogP contribution in [0.3, 0.4) is 0 Å². The molecule has 2 aromatic carbocycles. The maximum Gasteiger partial charge on any atom is 0.258 e. The molecule has 0 unspecified atom stereocenters. The number of nitrogens with zero attached hydrogens (tertiary/aromatic N) is 5. The highest BCUT2D eigenvalue weighted by Crippen LogP contribution is 2.32. The van der Waals surface area contributed by atoms with Gasteiger partial charge in [0.1, 0.15) is 11.3 Å². The second-order valence-corrected chi connectivity index (χ2v) is 6.22. The summed E-state index contributed by atoms with van der Waals surface area (Å²) in [5.41, 5.74) is 3.93. The van der Waals surface area contributed by atoms with Crippen molar-refractivity contribution in [2.24, 2.45) is 0 Å². The lowest BCUT2D eigenvalue weighted by Gasteiger charge is -2.04. The van der Waals surface area contributed by atoms with Gasteiger partial charge in [-0.3, -0.25) is 0 Å². The van der Waals surface area contributed by atoms with E-state index in [1.807, 2.05) is 35.9 Å². The van der Waals surface area contributed by atoms with Crippen molar-refractivity contribution in [1.82, 2.24) is 25.1 Å². The average molecular weight is 335 g/mol. The summed E-state index contributed by atoms with van der Waals surface area (Å²) in [6, 6.07) is 11.2. The zero-order chi connectivity index (χ0) is 17.6. The predicted molar refractivity (Wildman–Crippen MR) is 93.0 cm³/mol. The standard InChI is InChI=1S/C18H17N5O2/c1-10(2)23-14-8-7-12(9-13(14)20-22-23)18-19-17(21-25-18)16-11(3)5-4-6-15(16)24/h4-10,24H,1-3H3. The Morgan fingerprint density at radius 2 is 2.00 bits per heavy atom. The second kappa shape index (κ2) is 5.70. The van der Waals surface area contributed by atoms with E-state index in [2.05, 4.69) is 34.3 Å². The number of aryl methyl sites for hydroxylation is 1.